The molecule has 0 aromatic heterocycles. The molecule has 0 saturated carbocycles. The minimum absolute atomic E-state index is 0.149. The van der Waals surface area contributed by atoms with Crippen LogP contribution in [-0.4, -0.2) is 24.5 Å². The molecule has 0 atom stereocenters. The number of carbonyl (C=O) groups excluding carboxylic acids is 1. The van der Waals surface area contributed by atoms with Crippen molar-refractivity contribution in [1.82, 2.24) is 0 Å². The first kappa shape index (κ1) is 19.2. The van der Waals surface area contributed by atoms with Gasteiger partial charge in [0, 0.05) is 6.42 Å². The Morgan fingerprint density at radius 1 is 1.23 bits per heavy atom. The van der Waals surface area contributed by atoms with Crippen molar-refractivity contribution < 1.29 is 19.2 Å². The van der Waals surface area contributed by atoms with Gasteiger partial charge < -0.3 is 14.8 Å². The van der Waals surface area contributed by atoms with Crippen molar-refractivity contribution in [3.63, 3.8) is 0 Å². The van der Waals surface area contributed by atoms with Gasteiger partial charge in [0.25, 0.3) is 5.69 Å². The average molecular weight is 358 g/mol. The van der Waals surface area contributed by atoms with Gasteiger partial charge in [-0.25, -0.2) is 0 Å². The molecule has 7 nitrogen and oxygen atoms in total. The standard InChI is InChI=1S/C19H22N2O5/c1-13-6-4-7-18(14(13)2)26-11-5-8-19(22)20-16-10-9-15(25-3)12-17(16)21(23)24/h4,6-7,9-10,12H,5,8,11H2,1-3H3,(H,20,22). The maximum Gasteiger partial charge on any atom is 0.296 e. The molecule has 2 rings (SSSR count). The number of nitro groups is 1. The fraction of sp³-hybridized carbons (Fsp3) is 0.316. The van der Waals surface area contributed by atoms with Crippen LogP contribution in [0.4, 0.5) is 11.4 Å². The highest BCUT2D eigenvalue weighted by atomic mass is 16.6. The van der Waals surface area contributed by atoms with Crippen LogP contribution in [0.1, 0.15) is 24.0 Å². The normalized spacial score (nSPS) is 10.3. The Balaban J connectivity index is 1.87. The van der Waals surface area contributed by atoms with E-state index in [1.54, 1.807) is 6.07 Å². The maximum atomic E-state index is 12.1. The summed E-state index contributed by atoms with van der Waals surface area (Å²) in [6, 6.07) is 10.1. The van der Waals surface area contributed by atoms with Crippen LogP contribution in [0.5, 0.6) is 11.5 Å². The summed E-state index contributed by atoms with van der Waals surface area (Å²) < 4.78 is 10.7. The lowest BCUT2D eigenvalue weighted by Gasteiger charge is -2.11. The number of ether oxygens (including phenoxy) is 2. The van der Waals surface area contributed by atoms with Crippen molar-refractivity contribution in [1.29, 1.82) is 0 Å². The second-order valence-corrected chi connectivity index (χ2v) is 5.84. The van der Waals surface area contributed by atoms with Crippen molar-refractivity contribution in [2.45, 2.75) is 26.7 Å². The van der Waals surface area contributed by atoms with E-state index < -0.39 is 4.92 Å². The molecule has 1 amide bonds. The first-order valence-corrected chi connectivity index (χ1v) is 8.23. The van der Waals surface area contributed by atoms with Gasteiger partial charge >= 0.3 is 0 Å². The average Bonchev–Trinajstić information content (AvgIpc) is 2.62. The van der Waals surface area contributed by atoms with Crippen LogP contribution < -0.4 is 14.8 Å². The van der Waals surface area contributed by atoms with Crippen molar-refractivity contribution in [2.75, 3.05) is 19.0 Å². The summed E-state index contributed by atoms with van der Waals surface area (Å²) in [5.74, 6) is 0.857. The molecule has 0 aliphatic rings. The highest BCUT2D eigenvalue weighted by Gasteiger charge is 2.17. The Hall–Kier alpha value is -3.09. The molecule has 1 N–H and O–H groups in total. The van der Waals surface area contributed by atoms with Crippen molar-refractivity contribution >= 4 is 17.3 Å². The van der Waals surface area contributed by atoms with Gasteiger partial charge in [-0.15, -0.1) is 0 Å². The molecule has 0 saturated heterocycles. The number of hydrogen-bond acceptors (Lipinski definition) is 5. The van der Waals surface area contributed by atoms with Gasteiger partial charge in [-0.3, -0.25) is 14.9 Å². The fourth-order valence-corrected chi connectivity index (χ4v) is 2.40. The van der Waals surface area contributed by atoms with E-state index in [1.165, 1.54) is 19.2 Å². The minimum atomic E-state index is -0.554. The van der Waals surface area contributed by atoms with Crippen molar-refractivity contribution in [3.8, 4) is 11.5 Å². The van der Waals surface area contributed by atoms with Crippen molar-refractivity contribution in [2.24, 2.45) is 0 Å². The third-order valence-electron chi connectivity index (χ3n) is 4.04. The summed E-state index contributed by atoms with van der Waals surface area (Å²) in [6.45, 7) is 4.39. The van der Waals surface area contributed by atoms with E-state index >= 15 is 0 Å². The largest absolute Gasteiger partial charge is 0.496 e. The number of amides is 1. The summed E-state index contributed by atoms with van der Waals surface area (Å²) in [6.07, 6.45) is 0.706. The Morgan fingerprint density at radius 2 is 2.00 bits per heavy atom. The lowest BCUT2D eigenvalue weighted by Crippen LogP contribution is -2.14. The van der Waals surface area contributed by atoms with Gasteiger partial charge in [-0.05, 0) is 49.6 Å². The zero-order chi connectivity index (χ0) is 19.1. The number of methoxy groups -OCH3 is 1. The van der Waals surface area contributed by atoms with Crippen LogP contribution in [-0.2, 0) is 4.79 Å². The van der Waals surface area contributed by atoms with Gasteiger partial charge in [0.1, 0.15) is 17.2 Å². The zero-order valence-electron chi connectivity index (χ0n) is 15.1. The quantitative estimate of drug-likeness (QED) is 0.437. The molecular formula is C19H22N2O5. The Labute approximate surface area is 152 Å². The molecule has 26 heavy (non-hydrogen) atoms. The summed E-state index contributed by atoms with van der Waals surface area (Å²) in [5.41, 5.74) is 2.17. The predicted molar refractivity (Wildman–Crippen MR) is 98.9 cm³/mol. The van der Waals surface area contributed by atoms with Crippen molar-refractivity contribution in [3.05, 3.63) is 57.6 Å². The Bertz CT molecular complexity index is 805. The second kappa shape index (κ2) is 8.84. The van der Waals surface area contributed by atoms with E-state index in [1.807, 2.05) is 32.0 Å². The molecule has 0 bridgehead atoms. The van der Waals surface area contributed by atoms with Gasteiger partial charge in [0.15, 0.2) is 0 Å². The monoisotopic (exact) mass is 358 g/mol. The number of nitro benzene ring substituents is 1. The second-order valence-electron chi connectivity index (χ2n) is 5.84. The number of benzene rings is 2. The van der Waals surface area contributed by atoms with Crippen LogP contribution in [0.2, 0.25) is 0 Å². The summed E-state index contributed by atoms with van der Waals surface area (Å²) in [4.78, 5) is 22.6. The van der Waals surface area contributed by atoms with Gasteiger partial charge in [-0.2, -0.15) is 0 Å². The summed E-state index contributed by atoms with van der Waals surface area (Å²) in [5, 5.41) is 13.7. The molecule has 0 aliphatic heterocycles. The van der Waals surface area contributed by atoms with E-state index in [0.717, 1.165) is 16.9 Å². The zero-order valence-corrected chi connectivity index (χ0v) is 15.1. The third kappa shape index (κ3) is 4.95. The molecular weight excluding hydrogens is 336 g/mol. The van der Waals surface area contributed by atoms with Crippen LogP contribution in [0, 0.1) is 24.0 Å². The third-order valence-corrected chi connectivity index (χ3v) is 4.04. The number of hydrogen-bond donors (Lipinski definition) is 1. The summed E-state index contributed by atoms with van der Waals surface area (Å²) >= 11 is 0. The fourth-order valence-electron chi connectivity index (χ4n) is 2.40. The molecule has 0 aliphatic carbocycles. The minimum Gasteiger partial charge on any atom is -0.496 e. The van der Waals surface area contributed by atoms with E-state index in [-0.39, 0.29) is 23.7 Å². The maximum absolute atomic E-state index is 12.1. The number of aryl methyl sites for hydroxylation is 1. The molecule has 7 heteroatoms. The van der Waals surface area contributed by atoms with E-state index in [4.69, 9.17) is 9.47 Å². The number of rotatable bonds is 8. The van der Waals surface area contributed by atoms with Gasteiger partial charge in [0.2, 0.25) is 5.91 Å². The first-order chi connectivity index (χ1) is 12.4. The Morgan fingerprint density at radius 3 is 2.69 bits per heavy atom. The van der Waals surface area contributed by atoms with E-state index in [2.05, 4.69) is 5.32 Å². The molecule has 138 valence electrons. The van der Waals surface area contributed by atoms with Crippen LogP contribution in [0.25, 0.3) is 0 Å². The molecule has 0 fully saturated rings. The molecule has 0 unspecified atom stereocenters. The first-order valence-electron chi connectivity index (χ1n) is 8.23. The molecule has 2 aromatic carbocycles. The smallest absolute Gasteiger partial charge is 0.296 e. The lowest BCUT2D eigenvalue weighted by molar-refractivity contribution is -0.384. The van der Waals surface area contributed by atoms with Crippen LogP contribution >= 0.6 is 0 Å². The highest BCUT2D eigenvalue weighted by molar-refractivity contribution is 5.93. The van der Waals surface area contributed by atoms with Gasteiger partial charge in [-0.1, -0.05) is 12.1 Å². The topological polar surface area (TPSA) is 90.7 Å². The number of carbonyl (C=O) groups is 1. The Kier molecular flexibility index (Phi) is 6.54. The molecule has 2 aromatic rings. The lowest BCUT2D eigenvalue weighted by atomic mass is 10.1. The molecule has 0 spiro atoms. The molecule has 0 heterocycles. The number of nitrogens with zero attached hydrogens (tertiary/aromatic N) is 1. The van der Waals surface area contributed by atoms with E-state index in [9.17, 15) is 14.9 Å². The molecule has 0 radical (unpaired) electrons. The number of anilines is 1. The SMILES string of the molecule is COc1ccc(NC(=O)CCCOc2cccc(C)c2C)c([N+](=O)[O-])c1. The van der Waals surface area contributed by atoms with Crippen LogP contribution in [0.3, 0.4) is 0 Å². The van der Waals surface area contributed by atoms with Crippen LogP contribution in [0.15, 0.2) is 36.4 Å². The van der Waals surface area contributed by atoms with Gasteiger partial charge in [0.05, 0.1) is 24.7 Å². The number of nitrogens with one attached hydrogen (secondary N) is 1. The van der Waals surface area contributed by atoms with E-state index in [0.29, 0.717) is 18.8 Å². The predicted octanol–water partition coefficient (Wildman–Crippen LogP) is 4.02. The highest BCUT2D eigenvalue weighted by Crippen LogP contribution is 2.29. The summed E-state index contributed by atoms with van der Waals surface area (Å²) in [7, 11) is 1.42.